The van der Waals surface area contributed by atoms with Crippen molar-refractivity contribution in [2.45, 2.75) is 0 Å². The topological polar surface area (TPSA) is 102 Å². The number of hydrogen-bond acceptors (Lipinski definition) is 6. The number of hydrogen-bond donors (Lipinski definition) is 2. The minimum absolute atomic E-state index is 0.0129. The SMILES string of the molecule is O=C(N/N=C\c1ccc(I)o1)/C(=C\c1ccc2c(c1)OCO2)NC(=O)c1ccccc1. The van der Waals surface area contributed by atoms with Crippen molar-refractivity contribution in [3.63, 3.8) is 0 Å². The maximum absolute atomic E-state index is 12.7. The van der Waals surface area contributed by atoms with Crippen LogP contribution in [0.1, 0.15) is 21.7 Å². The molecule has 9 heteroatoms. The van der Waals surface area contributed by atoms with Gasteiger partial charge in [0.05, 0.1) is 6.21 Å². The summed E-state index contributed by atoms with van der Waals surface area (Å²) >= 11 is 2.03. The van der Waals surface area contributed by atoms with Gasteiger partial charge in [-0.05, 0) is 70.6 Å². The Hall–Kier alpha value is -3.60. The number of furan rings is 1. The third-order valence-corrected chi connectivity index (χ3v) is 4.77. The molecule has 0 unspecified atom stereocenters. The van der Waals surface area contributed by atoms with E-state index in [9.17, 15) is 9.59 Å². The van der Waals surface area contributed by atoms with Crippen molar-refractivity contribution in [3.05, 3.63) is 87.0 Å². The first-order valence-electron chi connectivity index (χ1n) is 9.15. The van der Waals surface area contributed by atoms with Crippen molar-refractivity contribution in [3.8, 4) is 11.5 Å². The molecule has 156 valence electrons. The predicted molar refractivity (Wildman–Crippen MR) is 122 cm³/mol. The molecule has 2 heterocycles. The molecule has 2 N–H and O–H groups in total. The zero-order chi connectivity index (χ0) is 21.6. The Kier molecular flexibility index (Phi) is 6.32. The molecule has 3 aromatic rings. The molecule has 1 aliphatic heterocycles. The number of carbonyl (C=O) groups excluding carboxylic acids is 2. The lowest BCUT2D eigenvalue weighted by Crippen LogP contribution is -2.32. The number of amides is 2. The number of hydrazone groups is 1. The van der Waals surface area contributed by atoms with Crippen molar-refractivity contribution in [1.29, 1.82) is 0 Å². The van der Waals surface area contributed by atoms with Gasteiger partial charge in [-0.1, -0.05) is 24.3 Å². The molecule has 2 amide bonds. The van der Waals surface area contributed by atoms with Crippen LogP contribution in [0, 0.1) is 3.77 Å². The molecule has 0 saturated heterocycles. The van der Waals surface area contributed by atoms with Gasteiger partial charge in [0, 0.05) is 5.56 Å². The first-order valence-corrected chi connectivity index (χ1v) is 10.2. The molecular weight excluding hydrogens is 513 g/mol. The van der Waals surface area contributed by atoms with Crippen molar-refractivity contribution >= 4 is 46.7 Å². The van der Waals surface area contributed by atoms with Gasteiger partial charge >= 0.3 is 0 Å². The maximum atomic E-state index is 12.7. The summed E-state index contributed by atoms with van der Waals surface area (Å²) in [6, 6.07) is 17.3. The van der Waals surface area contributed by atoms with Crippen LogP contribution in [-0.2, 0) is 4.79 Å². The molecule has 4 rings (SSSR count). The first kappa shape index (κ1) is 20.7. The number of fused-ring (bicyclic) bond motifs is 1. The fourth-order valence-electron chi connectivity index (χ4n) is 2.72. The summed E-state index contributed by atoms with van der Waals surface area (Å²) in [6.45, 7) is 0.140. The Labute approximate surface area is 191 Å². The van der Waals surface area contributed by atoms with E-state index in [4.69, 9.17) is 13.9 Å². The number of halogens is 1. The first-order chi connectivity index (χ1) is 15.1. The number of carbonyl (C=O) groups is 2. The van der Waals surface area contributed by atoms with Crippen LogP contribution >= 0.6 is 22.6 Å². The van der Waals surface area contributed by atoms with Crippen LogP contribution in [-0.4, -0.2) is 24.8 Å². The van der Waals surface area contributed by atoms with Gasteiger partial charge in [-0.15, -0.1) is 0 Å². The van der Waals surface area contributed by atoms with E-state index in [2.05, 4.69) is 15.8 Å². The number of rotatable bonds is 6. The monoisotopic (exact) mass is 529 g/mol. The van der Waals surface area contributed by atoms with E-state index in [-0.39, 0.29) is 12.5 Å². The van der Waals surface area contributed by atoms with Gasteiger partial charge in [-0.3, -0.25) is 9.59 Å². The smallest absolute Gasteiger partial charge is 0.287 e. The van der Waals surface area contributed by atoms with Crippen LogP contribution in [0.5, 0.6) is 11.5 Å². The minimum Gasteiger partial charge on any atom is -0.454 e. The average Bonchev–Trinajstić information content (AvgIpc) is 3.42. The van der Waals surface area contributed by atoms with Gasteiger partial charge < -0.3 is 19.2 Å². The van der Waals surface area contributed by atoms with Crippen LogP contribution in [0.2, 0.25) is 0 Å². The molecule has 0 bridgehead atoms. The Balaban J connectivity index is 1.56. The second-order valence-corrected chi connectivity index (χ2v) is 7.40. The Morgan fingerprint density at radius 3 is 2.58 bits per heavy atom. The summed E-state index contributed by atoms with van der Waals surface area (Å²) in [5, 5.41) is 6.54. The summed E-state index contributed by atoms with van der Waals surface area (Å²) < 4.78 is 16.7. The van der Waals surface area contributed by atoms with E-state index in [1.807, 2.05) is 22.6 Å². The fourth-order valence-corrected chi connectivity index (χ4v) is 3.16. The summed E-state index contributed by atoms with van der Waals surface area (Å²) in [5.41, 5.74) is 3.47. The Morgan fingerprint density at radius 2 is 1.81 bits per heavy atom. The average molecular weight is 529 g/mol. The third kappa shape index (κ3) is 5.31. The lowest BCUT2D eigenvalue weighted by atomic mass is 10.1. The summed E-state index contributed by atoms with van der Waals surface area (Å²) in [5.74, 6) is 0.647. The van der Waals surface area contributed by atoms with Crippen LogP contribution in [0.25, 0.3) is 6.08 Å². The molecule has 1 aromatic heterocycles. The van der Waals surface area contributed by atoms with Crippen molar-refractivity contribution < 1.29 is 23.5 Å². The summed E-state index contributed by atoms with van der Waals surface area (Å²) in [6.07, 6.45) is 2.90. The molecule has 0 atom stereocenters. The van der Waals surface area contributed by atoms with Crippen LogP contribution < -0.4 is 20.2 Å². The molecule has 0 saturated carbocycles. The highest BCUT2D eigenvalue weighted by Crippen LogP contribution is 2.33. The van der Waals surface area contributed by atoms with Crippen molar-refractivity contribution in [1.82, 2.24) is 10.7 Å². The van der Waals surface area contributed by atoms with E-state index in [1.165, 1.54) is 12.3 Å². The summed E-state index contributed by atoms with van der Waals surface area (Å²) in [4.78, 5) is 25.4. The van der Waals surface area contributed by atoms with E-state index in [0.717, 1.165) is 0 Å². The second kappa shape index (κ2) is 9.47. The highest BCUT2D eigenvalue weighted by Gasteiger charge is 2.16. The molecule has 31 heavy (non-hydrogen) atoms. The van der Waals surface area contributed by atoms with Crippen LogP contribution in [0.4, 0.5) is 0 Å². The van der Waals surface area contributed by atoms with E-state index in [1.54, 1.807) is 60.7 Å². The predicted octanol–water partition coefficient (Wildman–Crippen LogP) is 3.53. The minimum atomic E-state index is -0.598. The van der Waals surface area contributed by atoms with Gasteiger partial charge in [0.15, 0.2) is 15.3 Å². The molecule has 0 spiro atoms. The molecule has 0 fully saturated rings. The molecule has 1 aliphatic rings. The highest BCUT2D eigenvalue weighted by molar-refractivity contribution is 14.1. The lowest BCUT2D eigenvalue weighted by molar-refractivity contribution is -0.117. The molecule has 0 aliphatic carbocycles. The van der Waals surface area contributed by atoms with Gasteiger partial charge in [-0.2, -0.15) is 5.10 Å². The van der Waals surface area contributed by atoms with Crippen molar-refractivity contribution in [2.75, 3.05) is 6.79 Å². The van der Waals surface area contributed by atoms with Crippen LogP contribution in [0.15, 0.2) is 75.9 Å². The molecular formula is C22H16IN3O5. The fraction of sp³-hybridized carbons (Fsp3) is 0.0455. The molecule has 2 aromatic carbocycles. The Morgan fingerprint density at radius 1 is 1.00 bits per heavy atom. The number of nitrogens with zero attached hydrogens (tertiary/aromatic N) is 1. The van der Waals surface area contributed by atoms with Gasteiger partial charge in [0.25, 0.3) is 11.8 Å². The highest BCUT2D eigenvalue weighted by atomic mass is 127. The number of nitrogens with one attached hydrogen (secondary N) is 2. The van der Waals surface area contributed by atoms with Gasteiger partial charge in [-0.25, -0.2) is 5.43 Å². The third-order valence-electron chi connectivity index (χ3n) is 4.19. The standard InChI is InChI=1S/C22H16IN3O5/c23-20-9-7-16(31-20)12-24-26-22(28)17(25-21(27)15-4-2-1-3-5-15)10-14-6-8-18-19(11-14)30-13-29-18/h1-12H,13H2,(H,25,27)(H,26,28)/b17-10+,24-12-. The van der Waals surface area contributed by atoms with E-state index >= 15 is 0 Å². The number of benzene rings is 2. The van der Waals surface area contributed by atoms with Crippen LogP contribution in [0.3, 0.4) is 0 Å². The Bertz CT molecular complexity index is 1170. The largest absolute Gasteiger partial charge is 0.454 e. The zero-order valence-electron chi connectivity index (χ0n) is 16.0. The summed E-state index contributed by atoms with van der Waals surface area (Å²) in [7, 11) is 0. The normalized spacial score (nSPS) is 12.7. The lowest BCUT2D eigenvalue weighted by Gasteiger charge is -2.09. The van der Waals surface area contributed by atoms with E-state index in [0.29, 0.717) is 32.2 Å². The molecule has 0 radical (unpaired) electrons. The van der Waals surface area contributed by atoms with Crippen molar-refractivity contribution in [2.24, 2.45) is 5.10 Å². The number of ether oxygens (including phenoxy) is 2. The van der Waals surface area contributed by atoms with Gasteiger partial charge in [0.1, 0.15) is 11.5 Å². The molecule has 8 nitrogen and oxygen atoms in total. The second-order valence-electron chi connectivity index (χ2n) is 6.33. The van der Waals surface area contributed by atoms with E-state index < -0.39 is 11.8 Å². The maximum Gasteiger partial charge on any atom is 0.287 e. The zero-order valence-corrected chi connectivity index (χ0v) is 18.2. The van der Waals surface area contributed by atoms with Gasteiger partial charge in [0.2, 0.25) is 6.79 Å². The quantitative estimate of drug-likeness (QED) is 0.220.